The van der Waals surface area contributed by atoms with Gasteiger partial charge in [0.2, 0.25) is 0 Å². The van der Waals surface area contributed by atoms with E-state index in [1.165, 1.54) is 6.42 Å². The number of aromatic nitrogens is 3. The average Bonchev–Trinajstić information content (AvgIpc) is 3.12. The summed E-state index contributed by atoms with van der Waals surface area (Å²) in [5, 5.41) is 3.04. The number of nitrogens with one attached hydrogen (secondary N) is 1. The first kappa shape index (κ1) is 16.8. The van der Waals surface area contributed by atoms with Gasteiger partial charge in [0.15, 0.2) is 0 Å². The molecule has 0 aliphatic carbocycles. The van der Waals surface area contributed by atoms with Crippen LogP contribution in [-0.4, -0.2) is 50.4 Å². The largest absolute Gasteiger partial charge is 0.346 e. The average molecular weight is 353 g/mol. The summed E-state index contributed by atoms with van der Waals surface area (Å²) in [5.74, 6) is 0.803. The van der Waals surface area contributed by atoms with Crippen molar-refractivity contribution in [2.24, 2.45) is 0 Å². The van der Waals surface area contributed by atoms with Gasteiger partial charge in [-0.05, 0) is 37.8 Å². The van der Waals surface area contributed by atoms with E-state index in [-0.39, 0.29) is 17.9 Å². The van der Waals surface area contributed by atoms with Crippen molar-refractivity contribution < 1.29 is 9.59 Å². The molecule has 136 valence electrons. The van der Waals surface area contributed by atoms with Gasteiger partial charge in [-0.3, -0.25) is 14.6 Å². The molecule has 2 aromatic heterocycles. The van der Waals surface area contributed by atoms with Crippen LogP contribution in [0.25, 0.3) is 0 Å². The van der Waals surface area contributed by atoms with Gasteiger partial charge in [0.25, 0.3) is 11.8 Å². The maximum Gasteiger partial charge on any atom is 0.272 e. The molecule has 1 saturated heterocycles. The van der Waals surface area contributed by atoms with Crippen LogP contribution in [0.2, 0.25) is 0 Å². The molecular weight excluding hydrogens is 330 g/mol. The van der Waals surface area contributed by atoms with Crippen LogP contribution in [0.15, 0.2) is 30.6 Å². The van der Waals surface area contributed by atoms with E-state index in [1.807, 2.05) is 9.47 Å². The van der Waals surface area contributed by atoms with E-state index in [0.717, 1.165) is 44.6 Å². The maximum absolute atomic E-state index is 12.9. The third-order valence-corrected chi connectivity index (χ3v) is 5.15. The van der Waals surface area contributed by atoms with Gasteiger partial charge < -0.3 is 14.8 Å². The van der Waals surface area contributed by atoms with Gasteiger partial charge in [0.05, 0.1) is 6.20 Å². The number of nitrogens with zero attached hydrogens (tertiary/aromatic N) is 4. The van der Waals surface area contributed by atoms with Crippen LogP contribution in [0, 0.1) is 0 Å². The van der Waals surface area contributed by atoms with Crippen molar-refractivity contribution in [2.45, 2.75) is 44.7 Å². The Morgan fingerprint density at radius 1 is 1.12 bits per heavy atom. The summed E-state index contributed by atoms with van der Waals surface area (Å²) in [5.41, 5.74) is 1.05. The summed E-state index contributed by atoms with van der Waals surface area (Å²) in [6, 6.07) is 5.26. The van der Waals surface area contributed by atoms with Crippen molar-refractivity contribution in [1.29, 1.82) is 0 Å². The fraction of sp³-hybridized carbons (Fsp3) is 0.474. The molecule has 1 fully saturated rings. The Morgan fingerprint density at radius 2 is 1.96 bits per heavy atom. The number of piperidine rings is 1. The normalized spacial score (nSPS) is 19.7. The molecule has 2 aromatic rings. The lowest BCUT2D eigenvalue weighted by Crippen LogP contribution is -2.43. The number of likely N-dealkylation sites (tertiary alicyclic amines) is 1. The zero-order valence-electron chi connectivity index (χ0n) is 14.7. The Labute approximate surface area is 152 Å². The molecule has 0 saturated carbocycles. The number of hydrogen-bond donors (Lipinski definition) is 1. The van der Waals surface area contributed by atoms with Crippen molar-refractivity contribution in [3.63, 3.8) is 0 Å². The van der Waals surface area contributed by atoms with Crippen LogP contribution in [0.5, 0.6) is 0 Å². The van der Waals surface area contributed by atoms with Crippen LogP contribution >= 0.6 is 0 Å². The first-order chi connectivity index (χ1) is 12.7. The molecule has 0 radical (unpaired) electrons. The zero-order chi connectivity index (χ0) is 17.9. The van der Waals surface area contributed by atoms with Gasteiger partial charge >= 0.3 is 0 Å². The predicted molar refractivity (Wildman–Crippen MR) is 95.8 cm³/mol. The number of pyridine rings is 1. The zero-order valence-corrected chi connectivity index (χ0v) is 14.7. The van der Waals surface area contributed by atoms with E-state index >= 15 is 0 Å². The molecule has 26 heavy (non-hydrogen) atoms. The monoisotopic (exact) mass is 353 g/mol. The topological polar surface area (TPSA) is 80.1 Å². The van der Waals surface area contributed by atoms with Gasteiger partial charge in [-0.1, -0.05) is 6.07 Å². The minimum Gasteiger partial charge on any atom is -0.346 e. The SMILES string of the molecule is O=C(N[C@H]1CCc2ncc(C(=O)N3CCCCC3)n2C1)c1ccccn1. The van der Waals surface area contributed by atoms with Crippen LogP contribution < -0.4 is 5.32 Å². The molecule has 2 aliphatic rings. The summed E-state index contributed by atoms with van der Waals surface area (Å²) >= 11 is 0. The fourth-order valence-corrected chi connectivity index (χ4v) is 3.74. The molecule has 0 spiro atoms. The number of fused-ring (bicyclic) bond motifs is 1. The van der Waals surface area contributed by atoms with E-state index in [9.17, 15) is 9.59 Å². The van der Waals surface area contributed by atoms with Crippen LogP contribution in [0.3, 0.4) is 0 Å². The summed E-state index contributed by atoms with van der Waals surface area (Å²) in [6.07, 6.45) is 8.18. The molecule has 1 N–H and O–H groups in total. The Balaban J connectivity index is 1.47. The van der Waals surface area contributed by atoms with E-state index in [4.69, 9.17) is 0 Å². The van der Waals surface area contributed by atoms with Crippen molar-refractivity contribution in [3.05, 3.63) is 47.8 Å². The minimum atomic E-state index is -0.178. The van der Waals surface area contributed by atoms with Crippen LogP contribution in [0.4, 0.5) is 0 Å². The number of carbonyl (C=O) groups is 2. The van der Waals surface area contributed by atoms with Gasteiger partial charge in [0, 0.05) is 38.3 Å². The molecule has 0 unspecified atom stereocenters. The van der Waals surface area contributed by atoms with Gasteiger partial charge in [-0.15, -0.1) is 0 Å². The number of amides is 2. The highest BCUT2D eigenvalue weighted by Gasteiger charge is 2.28. The fourth-order valence-electron chi connectivity index (χ4n) is 3.74. The molecule has 7 heteroatoms. The van der Waals surface area contributed by atoms with E-state index in [0.29, 0.717) is 17.9 Å². The van der Waals surface area contributed by atoms with Crippen LogP contribution in [0.1, 0.15) is 52.5 Å². The Kier molecular flexibility index (Phi) is 4.69. The van der Waals surface area contributed by atoms with Crippen molar-refractivity contribution in [2.75, 3.05) is 13.1 Å². The number of carbonyl (C=O) groups excluding carboxylic acids is 2. The molecule has 1 atom stereocenters. The first-order valence-electron chi connectivity index (χ1n) is 9.28. The number of aryl methyl sites for hydroxylation is 1. The minimum absolute atomic E-state index is 0.0286. The quantitative estimate of drug-likeness (QED) is 0.910. The van der Waals surface area contributed by atoms with Gasteiger partial charge in [-0.25, -0.2) is 4.98 Å². The molecular formula is C19H23N5O2. The van der Waals surface area contributed by atoms with Crippen molar-refractivity contribution in [1.82, 2.24) is 24.8 Å². The lowest BCUT2D eigenvalue weighted by Gasteiger charge is -2.29. The second kappa shape index (κ2) is 7.27. The Morgan fingerprint density at radius 3 is 2.73 bits per heavy atom. The molecule has 4 heterocycles. The maximum atomic E-state index is 12.9. The summed E-state index contributed by atoms with van der Waals surface area (Å²) in [4.78, 5) is 35.7. The molecule has 4 rings (SSSR count). The van der Waals surface area contributed by atoms with Crippen molar-refractivity contribution in [3.8, 4) is 0 Å². The first-order valence-corrected chi connectivity index (χ1v) is 9.28. The highest BCUT2D eigenvalue weighted by Crippen LogP contribution is 2.20. The number of imidazole rings is 1. The van der Waals surface area contributed by atoms with Crippen LogP contribution in [-0.2, 0) is 13.0 Å². The number of rotatable bonds is 3. The third kappa shape index (κ3) is 3.34. The van der Waals surface area contributed by atoms with E-state index < -0.39 is 0 Å². The van der Waals surface area contributed by atoms with Gasteiger partial charge in [-0.2, -0.15) is 0 Å². The molecule has 2 amide bonds. The highest BCUT2D eigenvalue weighted by molar-refractivity contribution is 5.93. The lowest BCUT2D eigenvalue weighted by atomic mass is 10.1. The highest BCUT2D eigenvalue weighted by atomic mass is 16.2. The molecule has 0 bridgehead atoms. The smallest absolute Gasteiger partial charge is 0.272 e. The lowest BCUT2D eigenvalue weighted by molar-refractivity contribution is 0.0711. The summed E-state index contributed by atoms with van der Waals surface area (Å²) in [7, 11) is 0. The van der Waals surface area contributed by atoms with E-state index in [1.54, 1.807) is 30.6 Å². The van der Waals surface area contributed by atoms with E-state index in [2.05, 4.69) is 15.3 Å². The van der Waals surface area contributed by atoms with Crippen molar-refractivity contribution >= 4 is 11.8 Å². The summed E-state index contributed by atoms with van der Waals surface area (Å²) < 4.78 is 1.98. The standard InChI is InChI=1S/C19H23N5O2/c25-18(15-6-2-3-9-20-15)22-14-7-8-17-21-12-16(24(17)13-14)19(26)23-10-4-1-5-11-23/h2-3,6,9,12,14H,1,4-5,7-8,10-11,13H2,(H,22,25)/t14-/m0/s1. The molecule has 2 aliphatic heterocycles. The van der Waals surface area contributed by atoms with Gasteiger partial charge in [0.1, 0.15) is 17.2 Å². The predicted octanol–water partition coefficient (Wildman–Crippen LogP) is 1.65. The summed E-state index contributed by atoms with van der Waals surface area (Å²) in [6.45, 7) is 2.21. The second-order valence-corrected chi connectivity index (χ2v) is 6.95. The molecule has 0 aromatic carbocycles. The number of hydrogen-bond acceptors (Lipinski definition) is 4. The second-order valence-electron chi connectivity index (χ2n) is 6.95. The molecule has 7 nitrogen and oxygen atoms in total. The Bertz CT molecular complexity index is 796. The third-order valence-electron chi connectivity index (χ3n) is 5.15. The Hall–Kier alpha value is -2.70.